The first-order valence-electron chi connectivity index (χ1n) is 6.05. The van der Waals surface area contributed by atoms with Gasteiger partial charge in [-0.3, -0.25) is 4.98 Å². The molecule has 2 N–H and O–H groups in total. The highest BCUT2D eigenvalue weighted by atomic mass is 19.1. The molecule has 0 aliphatic carbocycles. The Hall–Kier alpha value is -0.960. The maximum atomic E-state index is 13.0. The fourth-order valence-electron chi connectivity index (χ4n) is 2.13. The molecule has 16 heavy (non-hydrogen) atoms. The summed E-state index contributed by atoms with van der Waals surface area (Å²) in [6, 6.07) is 1.40. The van der Waals surface area contributed by atoms with Crippen LogP contribution in [0.15, 0.2) is 18.5 Å². The molecule has 1 heterocycles. The maximum absolute atomic E-state index is 13.0. The average Bonchev–Trinajstić information content (AvgIpc) is 2.28. The van der Waals surface area contributed by atoms with Gasteiger partial charge in [0, 0.05) is 12.2 Å². The molecule has 0 aliphatic rings. The zero-order chi connectivity index (χ0) is 12.0. The van der Waals surface area contributed by atoms with Gasteiger partial charge in [-0.2, -0.15) is 0 Å². The lowest BCUT2D eigenvalue weighted by Crippen LogP contribution is -2.21. The highest BCUT2D eigenvalue weighted by molar-refractivity contribution is 5.15. The van der Waals surface area contributed by atoms with E-state index in [9.17, 15) is 4.39 Å². The van der Waals surface area contributed by atoms with Crippen molar-refractivity contribution in [2.24, 2.45) is 11.7 Å². The standard InChI is InChI=1S/C13H21FN2/c1-3-5-10(6-4-2)13(15)11-7-12(14)9-16-8-11/h7-10,13H,3-6,15H2,1-2H3. The molecule has 3 heteroatoms. The van der Waals surface area contributed by atoms with Gasteiger partial charge in [-0.15, -0.1) is 0 Å². The highest BCUT2D eigenvalue weighted by Gasteiger charge is 2.18. The van der Waals surface area contributed by atoms with Crippen LogP contribution in [0.2, 0.25) is 0 Å². The Bertz CT molecular complexity index is 309. The Balaban J connectivity index is 2.76. The van der Waals surface area contributed by atoms with E-state index in [1.54, 1.807) is 6.20 Å². The normalized spacial score (nSPS) is 13.1. The zero-order valence-electron chi connectivity index (χ0n) is 10.1. The minimum Gasteiger partial charge on any atom is -0.324 e. The summed E-state index contributed by atoms with van der Waals surface area (Å²) in [6.45, 7) is 4.30. The highest BCUT2D eigenvalue weighted by Crippen LogP contribution is 2.27. The van der Waals surface area contributed by atoms with Gasteiger partial charge in [-0.25, -0.2) is 4.39 Å². The Kier molecular flexibility index (Phi) is 5.39. The van der Waals surface area contributed by atoms with Crippen molar-refractivity contribution in [3.63, 3.8) is 0 Å². The van der Waals surface area contributed by atoms with Crippen molar-refractivity contribution in [3.05, 3.63) is 29.8 Å². The molecular formula is C13H21FN2. The van der Waals surface area contributed by atoms with Crippen LogP contribution in [0, 0.1) is 11.7 Å². The van der Waals surface area contributed by atoms with Gasteiger partial charge in [-0.1, -0.05) is 26.7 Å². The molecule has 1 aromatic rings. The molecule has 0 fully saturated rings. The van der Waals surface area contributed by atoms with E-state index in [4.69, 9.17) is 5.73 Å². The third-order valence-electron chi connectivity index (χ3n) is 2.94. The Morgan fingerprint density at radius 1 is 1.25 bits per heavy atom. The fourth-order valence-corrected chi connectivity index (χ4v) is 2.13. The zero-order valence-corrected chi connectivity index (χ0v) is 10.1. The molecule has 0 spiro atoms. The smallest absolute Gasteiger partial charge is 0.141 e. The molecule has 1 aromatic heterocycles. The van der Waals surface area contributed by atoms with Gasteiger partial charge < -0.3 is 5.73 Å². The van der Waals surface area contributed by atoms with Crippen molar-refractivity contribution in [2.45, 2.75) is 45.6 Å². The first-order chi connectivity index (χ1) is 7.69. The summed E-state index contributed by atoms with van der Waals surface area (Å²) in [4.78, 5) is 3.85. The van der Waals surface area contributed by atoms with Crippen LogP contribution in [0.1, 0.15) is 51.1 Å². The van der Waals surface area contributed by atoms with Crippen LogP contribution in [0.5, 0.6) is 0 Å². The van der Waals surface area contributed by atoms with Crippen LogP contribution in [-0.4, -0.2) is 4.98 Å². The number of aromatic nitrogens is 1. The van der Waals surface area contributed by atoms with Crippen LogP contribution in [0.25, 0.3) is 0 Å². The molecule has 0 saturated carbocycles. The van der Waals surface area contributed by atoms with Gasteiger partial charge in [0.1, 0.15) is 5.82 Å². The molecule has 1 rings (SSSR count). The molecule has 0 bridgehead atoms. The number of pyridine rings is 1. The molecule has 1 unspecified atom stereocenters. The summed E-state index contributed by atoms with van der Waals surface area (Å²) in [7, 11) is 0. The van der Waals surface area contributed by atoms with E-state index < -0.39 is 0 Å². The molecule has 0 saturated heterocycles. The van der Waals surface area contributed by atoms with Gasteiger partial charge in [0.05, 0.1) is 6.20 Å². The second-order valence-corrected chi connectivity index (χ2v) is 4.30. The SMILES string of the molecule is CCCC(CCC)C(N)c1cncc(F)c1. The van der Waals surface area contributed by atoms with Crippen LogP contribution in [0.3, 0.4) is 0 Å². The summed E-state index contributed by atoms with van der Waals surface area (Å²) in [5, 5.41) is 0. The van der Waals surface area contributed by atoms with E-state index in [-0.39, 0.29) is 11.9 Å². The minimum absolute atomic E-state index is 0.0944. The number of nitrogens with zero attached hydrogens (tertiary/aromatic N) is 1. The van der Waals surface area contributed by atoms with Gasteiger partial charge in [0.25, 0.3) is 0 Å². The van der Waals surface area contributed by atoms with E-state index in [1.165, 1.54) is 12.3 Å². The van der Waals surface area contributed by atoms with E-state index >= 15 is 0 Å². The summed E-state index contributed by atoms with van der Waals surface area (Å²) in [5.74, 6) is 0.123. The number of rotatable bonds is 6. The lowest BCUT2D eigenvalue weighted by Gasteiger charge is -2.23. The Morgan fingerprint density at radius 2 is 1.88 bits per heavy atom. The van der Waals surface area contributed by atoms with Crippen LogP contribution in [0.4, 0.5) is 4.39 Å². The van der Waals surface area contributed by atoms with Gasteiger partial charge in [0.15, 0.2) is 0 Å². The van der Waals surface area contributed by atoms with Crippen molar-refractivity contribution < 1.29 is 4.39 Å². The lowest BCUT2D eigenvalue weighted by atomic mass is 9.87. The lowest BCUT2D eigenvalue weighted by molar-refractivity contribution is 0.367. The number of hydrogen-bond acceptors (Lipinski definition) is 2. The molecule has 1 atom stereocenters. The van der Waals surface area contributed by atoms with Crippen molar-refractivity contribution in [1.82, 2.24) is 4.98 Å². The van der Waals surface area contributed by atoms with Crippen molar-refractivity contribution >= 4 is 0 Å². The third-order valence-corrected chi connectivity index (χ3v) is 2.94. The molecule has 90 valence electrons. The maximum Gasteiger partial charge on any atom is 0.141 e. The molecular weight excluding hydrogens is 203 g/mol. The van der Waals surface area contributed by atoms with Crippen LogP contribution < -0.4 is 5.73 Å². The van der Waals surface area contributed by atoms with Crippen LogP contribution >= 0.6 is 0 Å². The quantitative estimate of drug-likeness (QED) is 0.804. The average molecular weight is 224 g/mol. The van der Waals surface area contributed by atoms with Crippen molar-refractivity contribution in [1.29, 1.82) is 0 Å². The Labute approximate surface area is 97.1 Å². The fraction of sp³-hybridized carbons (Fsp3) is 0.615. The topological polar surface area (TPSA) is 38.9 Å². The molecule has 2 nitrogen and oxygen atoms in total. The van der Waals surface area contributed by atoms with Gasteiger partial charge in [0.2, 0.25) is 0 Å². The molecule has 0 radical (unpaired) electrons. The largest absolute Gasteiger partial charge is 0.324 e. The van der Waals surface area contributed by atoms with E-state index in [2.05, 4.69) is 18.8 Å². The monoisotopic (exact) mass is 224 g/mol. The van der Waals surface area contributed by atoms with E-state index in [0.717, 1.165) is 31.2 Å². The van der Waals surface area contributed by atoms with Crippen molar-refractivity contribution in [2.75, 3.05) is 0 Å². The predicted molar refractivity (Wildman–Crippen MR) is 64.4 cm³/mol. The summed E-state index contributed by atoms with van der Waals surface area (Å²) in [6.07, 6.45) is 7.29. The second kappa shape index (κ2) is 6.59. The number of hydrogen-bond donors (Lipinski definition) is 1. The second-order valence-electron chi connectivity index (χ2n) is 4.30. The van der Waals surface area contributed by atoms with E-state index in [1.807, 2.05) is 0 Å². The summed E-state index contributed by atoms with van der Waals surface area (Å²) in [5.41, 5.74) is 6.99. The van der Waals surface area contributed by atoms with Crippen molar-refractivity contribution in [3.8, 4) is 0 Å². The van der Waals surface area contributed by atoms with Gasteiger partial charge in [-0.05, 0) is 30.4 Å². The van der Waals surface area contributed by atoms with Gasteiger partial charge >= 0.3 is 0 Å². The Morgan fingerprint density at radius 3 is 2.38 bits per heavy atom. The first-order valence-corrected chi connectivity index (χ1v) is 6.05. The molecule has 0 aliphatic heterocycles. The van der Waals surface area contributed by atoms with Crippen LogP contribution in [-0.2, 0) is 0 Å². The number of halogens is 1. The minimum atomic E-state index is -0.306. The predicted octanol–water partition coefficient (Wildman–Crippen LogP) is 3.44. The summed E-state index contributed by atoms with van der Waals surface area (Å²) >= 11 is 0. The summed E-state index contributed by atoms with van der Waals surface area (Å²) < 4.78 is 13.0. The third kappa shape index (κ3) is 3.56. The number of nitrogens with two attached hydrogens (primary N) is 1. The molecule has 0 aromatic carbocycles. The first kappa shape index (κ1) is 13.1. The van der Waals surface area contributed by atoms with E-state index in [0.29, 0.717) is 5.92 Å². The molecule has 0 amide bonds.